The number of nitrogens with zero attached hydrogens (tertiary/aromatic N) is 2. The van der Waals surface area contributed by atoms with Crippen molar-refractivity contribution in [1.29, 1.82) is 0 Å². The Morgan fingerprint density at radius 1 is 1.08 bits per heavy atom. The van der Waals surface area contributed by atoms with Gasteiger partial charge in [-0.2, -0.15) is 0 Å². The molecule has 1 aliphatic carbocycles. The summed E-state index contributed by atoms with van der Waals surface area (Å²) in [7, 11) is 0. The summed E-state index contributed by atoms with van der Waals surface area (Å²) in [5, 5.41) is 0. The van der Waals surface area contributed by atoms with Gasteiger partial charge in [0.15, 0.2) is 6.61 Å². The predicted octanol–water partition coefficient (Wildman–Crippen LogP) is 2.59. The number of amides is 1. The molecule has 0 N–H and O–H groups in total. The number of hydrogen-bond donors (Lipinski definition) is 0. The summed E-state index contributed by atoms with van der Waals surface area (Å²) in [5.41, 5.74) is 2.66. The van der Waals surface area contributed by atoms with E-state index in [9.17, 15) is 9.59 Å². The van der Waals surface area contributed by atoms with Gasteiger partial charge in [0.1, 0.15) is 0 Å². The van der Waals surface area contributed by atoms with Crippen molar-refractivity contribution in [1.82, 2.24) is 4.90 Å². The van der Waals surface area contributed by atoms with E-state index < -0.39 is 0 Å². The zero-order chi connectivity index (χ0) is 18.0. The average Bonchev–Trinajstić information content (AvgIpc) is 3.44. The molecule has 3 rings (SSSR count). The topological polar surface area (TPSA) is 49.9 Å². The maximum atomic E-state index is 12.2. The van der Waals surface area contributed by atoms with E-state index in [2.05, 4.69) is 49.9 Å². The molecule has 136 valence electrons. The van der Waals surface area contributed by atoms with Gasteiger partial charge >= 0.3 is 5.97 Å². The van der Waals surface area contributed by atoms with E-state index in [0.717, 1.165) is 25.9 Å². The summed E-state index contributed by atoms with van der Waals surface area (Å²) < 4.78 is 5.11. The van der Waals surface area contributed by atoms with E-state index in [1.807, 2.05) is 0 Å². The Labute approximate surface area is 149 Å². The number of carbonyl (C=O) groups is 2. The molecule has 1 amide bonds. The van der Waals surface area contributed by atoms with E-state index in [-0.39, 0.29) is 29.8 Å². The Morgan fingerprint density at radius 2 is 1.72 bits per heavy atom. The number of hydrogen-bond acceptors (Lipinski definition) is 4. The first kappa shape index (κ1) is 17.8. The number of anilines is 1. The number of rotatable bonds is 4. The second-order valence-electron chi connectivity index (χ2n) is 8.02. The van der Waals surface area contributed by atoms with Crippen LogP contribution in [0.25, 0.3) is 0 Å². The van der Waals surface area contributed by atoms with E-state index in [1.165, 1.54) is 11.3 Å². The minimum absolute atomic E-state index is 0.0403. The summed E-state index contributed by atoms with van der Waals surface area (Å²) >= 11 is 0. The Morgan fingerprint density at radius 3 is 2.32 bits per heavy atom. The molecule has 2 fully saturated rings. The largest absolute Gasteiger partial charge is 0.455 e. The molecule has 0 radical (unpaired) electrons. The fraction of sp³-hybridized carbons (Fsp3) is 0.600. The van der Waals surface area contributed by atoms with Crippen molar-refractivity contribution in [3.63, 3.8) is 0 Å². The van der Waals surface area contributed by atoms with Crippen molar-refractivity contribution in [3.8, 4) is 0 Å². The third-order valence-corrected chi connectivity index (χ3v) is 4.93. The minimum atomic E-state index is -0.217. The molecule has 0 atom stereocenters. The monoisotopic (exact) mass is 344 g/mol. The molecule has 5 nitrogen and oxygen atoms in total. The first-order valence-electron chi connectivity index (χ1n) is 9.15. The lowest BCUT2D eigenvalue weighted by molar-refractivity contribution is -0.153. The number of piperazine rings is 1. The molecule has 1 aliphatic heterocycles. The highest BCUT2D eigenvalue weighted by Crippen LogP contribution is 2.32. The zero-order valence-corrected chi connectivity index (χ0v) is 15.5. The van der Waals surface area contributed by atoms with Gasteiger partial charge in [-0.1, -0.05) is 39.0 Å². The van der Waals surface area contributed by atoms with Gasteiger partial charge in [0, 0.05) is 31.9 Å². The summed E-state index contributed by atoms with van der Waals surface area (Å²) in [6, 6.07) is 8.50. The van der Waals surface area contributed by atoms with E-state index in [4.69, 9.17) is 4.74 Å². The second-order valence-corrected chi connectivity index (χ2v) is 8.02. The third kappa shape index (κ3) is 4.33. The maximum absolute atomic E-state index is 12.2. The molecule has 1 saturated carbocycles. The van der Waals surface area contributed by atoms with Crippen LogP contribution in [0, 0.1) is 5.92 Å². The number of ether oxygens (including phenoxy) is 1. The van der Waals surface area contributed by atoms with Crippen LogP contribution in [-0.4, -0.2) is 49.6 Å². The number of carbonyl (C=O) groups excluding carboxylic acids is 2. The van der Waals surface area contributed by atoms with Crippen LogP contribution in [0.4, 0.5) is 5.69 Å². The van der Waals surface area contributed by atoms with Gasteiger partial charge in [-0.05, 0) is 29.9 Å². The molecule has 1 heterocycles. The molecule has 25 heavy (non-hydrogen) atoms. The second kappa shape index (κ2) is 7.06. The van der Waals surface area contributed by atoms with Gasteiger partial charge in [-0.3, -0.25) is 9.59 Å². The molecule has 5 heteroatoms. The molecule has 1 saturated heterocycles. The van der Waals surface area contributed by atoms with Crippen LogP contribution < -0.4 is 4.90 Å². The highest BCUT2D eigenvalue weighted by Gasteiger charge is 2.32. The molecule has 0 aromatic heterocycles. The van der Waals surface area contributed by atoms with Crippen LogP contribution >= 0.6 is 0 Å². The Hall–Kier alpha value is -2.04. The van der Waals surface area contributed by atoms with Gasteiger partial charge < -0.3 is 14.5 Å². The lowest BCUT2D eigenvalue weighted by atomic mass is 9.85. The van der Waals surface area contributed by atoms with Crippen LogP contribution in [0.1, 0.15) is 39.2 Å². The SMILES string of the molecule is CC(C)(C)c1ccccc1N1CCN(C(=O)COC(=O)C2CC2)CC1. The molecule has 2 aliphatic rings. The smallest absolute Gasteiger partial charge is 0.309 e. The van der Waals surface area contributed by atoms with Crippen LogP contribution in [-0.2, 0) is 19.7 Å². The maximum Gasteiger partial charge on any atom is 0.309 e. The lowest BCUT2D eigenvalue weighted by Crippen LogP contribution is -2.50. The van der Waals surface area contributed by atoms with E-state index in [0.29, 0.717) is 13.1 Å². The van der Waals surface area contributed by atoms with E-state index in [1.54, 1.807) is 4.90 Å². The molecule has 0 unspecified atom stereocenters. The third-order valence-electron chi connectivity index (χ3n) is 4.93. The van der Waals surface area contributed by atoms with Crippen LogP contribution in [0.3, 0.4) is 0 Å². The first-order valence-corrected chi connectivity index (χ1v) is 9.15. The van der Waals surface area contributed by atoms with Gasteiger partial charge in [0.2, 0.25) is 0 Å². The van der Waals surface area contributed by atoms with Crippen LogP contribution in [0.2, 0.25) is 0 Å². The molecule has 1 aromatic carbocycles. The highest BCUT2D eigenvalue weighted by atomic mass is 16.5. The molecular weight excluding hydrogens is 316 g/mol. The number of esters is 1. The Kier molecular flexibility index (Phi) is 5.02. The fourth-order valence-electron chi connectivity index (χ4n) is 3.24. The van der Waals surface area contributed by atoms with Crippen molar-refractivity contribution in [2.24, 2.45) is 5.92 Å². The highest BCUT2D eigenvalue weighted by molar-refractivity contribution is 5.82. The van der Waals surface area contributed by atoms with Crippen molar-refractivity contribution in [3.05, 3.63) is 29.8 Å². The average molecular weight is 344 g/mol. The van der Waals surface area contributed by atoms with E-state index >= 15 is 0 Å². The van der Waals surface area contributed by atoms with Gasteiger partial charge in [0.25, 0.3) is 5.91 Å². The number of benzene rings is 1. The summed E-state index contributed by atoms with van der Waals surface area (Å²) in [6.45, 7) is 9.48. The molecule has 0 spiro atoms. The molecule has 0 bridgehead atoms. The molecule has 1 aromatic rings. The van der Waals surface area contributed by atoms with Crippen molar-refractivity contribution in [2.75, 3.05) is 37.7 Å². The van der Waals surface area contributed by atoms with Crippen LogP contribution in [0.15, 0.2) is 24.3 Å². The van der Waals surface area contributed by atoms with Gasteiger partial charge in [-0.25, -0.2) is 0 Å². The van der Waals surface area contributed by atoms with Crippen molar-refractivity contribution >= 4 is 17.6 Å². The molecular formula is C20H28N2O3. The Balaban J connectivity index is 1.55. The summed E-state index contributed by atoms with van der Waals surface area (Å²) in [6.07, 6.45) is 1.80. The van der Waals surface area contributed by atoms with Crippen molar-refractivity contribution < 1.29 is 14.3 Å². The summed E-state index contributed by atoms with van der Waals surface area (Å²) in [4.78, 5) is 28.0. The first-order chi connectivity index (χ1) is 11.9. The lowest BCUT2D eigenvalue weighted by Gasteiger charge is -2.38. The predicted molar refractivity (Wildman–Crippen MR) is 97.6 cm³/mol. The fourth-order valence-corrected chi connectivity index (χ4v) is 3.24. The van der Waals surface area contributed by atoms with Gasteiger partial charge in [0.05, 0.1) is 5.92 Å². The normalized spacial score (nSPS) is 18.2. The van der Waals surface area contributed by atoms with Crippen molar-refractivity contribution in [2.45, 2.75) is 39.0 Å². The summed E-state index contributed by atoms with van der Waals surface area (Å²) in [5.74, 6) is -0.262. The zero-order valence-electron chi connectivity index (χ0n) is 15.5. The van der Waals surface area contributed by atoms with Gasteiger partial charge in [-0.15, -0.1) is 0 Å². The minimum Gasteiger partial charge on any atom is -0.455 e. The Bertz CT molecular complexity index is 639. The standard InChI is InChI=1S/C20H28N2O3/c1-20(2,3)16-6-4-5-7-17(16)21-10-12-22(13-11-21)18(23)14-25-19(24)15-8-9-15/h4-7,15H,8-14H2,1-3H3. The number of para-hydroxylation sites is 1. The van der Waals surface area contributed by atoms with Crippen LogP contribution in [0.5, 0.6) is 0 Å². The quantitative estimate of drug-likeness (QED) is 0.788.